The standard InChI is InChI=1S/C13H14FN3O2/c14-7-9-17-8-6-12(16-17)15-13(18)19-10-11-4-2-1-3-5-11/h1-6,8H,7,9-10H2,(H,15,16,18). The molecule has 0 spiro atoms. The van der Waals surface area contributed by atoms with Crippen molar-refractivity contribution in [3.63, 3.8) is 0 Å². The summed E-state index contributed by atoms with van der Waals surface area (Å²) < 4.78 is 18.5. The van der Waals surface area contributed by atoms with Crippen LogP contribution in [0.15, 0.2) is 42.6 Å². The molecule has 0 bridgehead atoms. The van der Waals surface area contributed by atoms with Crippen molar-refractivity contribution in [1.29, 1.82) is 0 Å². The maximum Gasteiger partial charge on any atom is 0.413 e. The Morgan fingerprint density at radius 2 is 2.11 bits per heavy atom. The first-order chi connectivity index (χ1) is 9.28. The Labute approximate surface area is 110 Å². The normalized spacial score (nSPS) is 10.2. The van der Waals surface area contributed by atoms with Gasteiger partial charge in [0.25, 0.3) is 0 Å². The minimum Gasteiger partial charge on any atom is -0.444 e. The number of ether oxygens (including phenoxy) is 1. The summed E-state index contributed by atoms with van der Waals surface area (Å²) in [5.41, 5.74) is 0.903. The predicted octanol–water partition coefficient (Wildman–Crippen LogP) is 2.60. The highest BCUT2D eigenvalue weighted by Gasteiger charge is 2.06. The summed E-state index contributed by atoms with van der Waals surface area (Å²) in [4.78, 5) is 11.5. The summed E-state index contributed by atoms with van der Waals surface area (Å²) in [5.74, 6) is 0.339. The van der Waals surface area contributed by atoms with E-state index in [0.717, 1.165) is 5.56 Å². The first-order valence-corrected chi connectivity index (χ1v) is 5.85. The second kappa shape index (κ2) is 6.53. The first kappa shape index (κ1) is 13.1. The van der Waals surface area contributed by atoms with Gasteiger partial charge >= 0.3 is 6.09 Å². The molecule has 5 nitrogen and oxygen atoms in total. The van der Waals surface area contributed by atoms with Crippen molar-refractivity contribution in [3.8, 4) is 0 Å². The van der Waals surface area contributed by atoms with Crippen LogP contribution in [0.3, 0.4) is 0 Å². The van der Waals surface area contributed by atoms with Crippen LogP contribution in [-0.2, 0) is 17.9 Å². The van der Waals surface area contributed by atoms with Crippen LogP contribution in [0.5, 0.6) is 0 Å². The molecular weight excluding hydrogens is 249 g/mol. The van der Waals surface area contributed by atoms with Gasteiger partial charge in [0.1, 0.15) is 13.3 Å². The Hall–Kier alpha value is -2.37. The van der Waals surface area contributed by atoms with Gasteiger partial charge in [0, 0.05) is 12.3 Å². The Balaban J connectivity index is 1.80. The molecular formula is C13H14FN3O2. The van der Waals surface area contributed by atoms with Gasteiger partial charge in [-0.3, -0.25) is 10.00 Å². The van der Waals surface area contributed by atoms with Crippen LogP contribution in [0, 0.1) is 0 Å². The van der Waals surface area contributed by atoms with Crippen molar-refractivity contribution in [2.24, 2.45) is 0 Å². The molecule has 100 valence electrons. The van der Waals surface area contributed by atoms with Crippen molar-refractivity contribution in [1.82, 2.24) is 9.78 Å². The molecule has 0 radical (unpaired) electrons. The van der Waals surface area contributed by atoms with Crippen molar-refractivity contribution in [2.75, 3.05) is 12.0 Å². The van der Waals surface area contributed by atoms with Crippen LogP contribution >= 0.6 is 0 Å². The average molecular weight is 263 g/mol. The number of carbonyl (C=O) groups is 1. The number of amides is 1. The number of rotatable bonds is 5. The van der Waals surface area contributed by atoms with Gasteiger partial charge in [-0.2, -0.15) is 5.10 Å². The van der Waals surface area contributed by atoms with Gasteiger partial charge in [0.2, 0.25) is 0 Å². The van der Waals surface area contributed by atoms with Gasteiger partial charge in [0.15, 0.2) is 5.82 Å². The highest BCUT2D eigenvalue weighted by molar-refractivity contribution is 5.83. The van der Waals surface area contributed by atoms with Crippen LogP contribution in [0.2, 0.25) is 0 Å². The Bertz CT molecular complexity index is 528. The zero-order chi connectivity index (χ0) is 13.5. The summed E-state index contributed by atoms with van der Waals surface area (Å²) in [7, 11) is 0. The number of aromatic nitrogens is 2. The van der Waals surface area contributed by atoms with Gasteiger partial charge in [-0.25, -0.2) is 9.18 Å². The van der Waals surface area contributed by atoms with Crippen LogP contribution < -0.4 is 5.32 Å². The topological polar surface area (TPSA) is 56.2 Å². The maximum absolute atomic E-state index is 12.1. The summed E-state index contributed by atoms with van der Waals surface area (Å²) >= 11 is 0. The molecule has 0 saturated heterocycles. The highest BCUT2D eigenvalue weighted by atomic mass is 19.1. The lowest BCUT2D eigenvalue weighted by Crippen LogP contribution is -2.14. The molecule has 0 aliphatic carbocycles. The van der Waals surface area contributed by atoms with Gasteiger partial charge in [-0.15, -0.1) is 0 Å². The van der Waals surface area contributed by atoms with Crippen LogP contribution in [0.4, 0.5) is 15.0 Å². The predicted molar refractivity (Wildman–Crippen MR) is 68.5 cm³/mol. The molecule has 0 unspecified atom stereocenters. The lowest BCUT2D eigenvalue weighted by atomic mass is 10.2. The average Bonchev–Trinajstić information content (AvgIpc) is 2.85. The van der Waals surface area contributed by atoms with E-state index in [2.05, 4.69) is 10.4 Å². The third-order valence-electron chi connectivity index (χ3n) is 2.40. The number of alkyl halides is 1. The van der Waals surface area contributed by atoms with E-state index in [9.17, 15) is 9.18 Å². The molecule has 0 aliphatic rings. The second-order valence-corrected chi connectivity index (χ2v) is 3.84. The lowest BCUT2D eigenvalue weighted by molar-refractivity contribution is 0.155. The van der Waals surface area contributed by atoms with Gasteiger partial charge in [-0.1, -0.05) is 30.3 Å². The Kier molecular flexibility index (Phi) is 4.49. The Morgan fingerprint density at radius 3 is 2.84 bits per heavy atom. The van der Waals surface area contributed by atoms with Crippen LogP contribution in [0.1, 0.15) is 5.56 Å². The first-order valence-electron chi connectivity index (χ1n) is 5.85. The molecule has 0 atom stereocenters. The molecule has 2 aromatic rings. The highest BCUT2D eigenvalue weighted by Crippen LogP contribution is 2.05. The minimum atomic E-state index is -0.589. The monoisotopic (exact) mass is 263 g/mol. The number of carbonyl (C=O) groups excluding carboxylic acids is 1. The summed E-state index contributed by atoms with van der Waals surface area (Å²) in [6.45, 7) is -0.141. The van der Waals surface area contributed by atoms with Crippen molar-refractivity contribution >= 4 is 11.9 Å². The van der Waals surface area contributed by atoms with Crippen molar-refractivity contribution < 1.29 is 13.9 Å². The van der Waals surface area contributed by atoms with Crippen molar-refractivity contribution in [2.45, 2.75) is 13.2 Å². The molecule has 2 rings (SSSR count). The second-order valence-electron chi connectivity index (χ2n) is 3.84. The van der Waals surface area contributed by atoms with E-state index < -0.39 is 12.8 Å². The Morgan fingerprint density at radius 1 is 1.32 bits per heavy atom. The molecule has 1 aromatic carbocycles. The number of halogens is 1. The molecule has 1 amide bonds. The number of hydrogen-bond acceptors (Lipinski definition) is 3. The number of benzene rings is 1. The molecule has 1 N–H and O–H groups in total. The lowest BCUT2D eigenvalue weighted by Gasteiger charge is -2.04. The number of nitrogens with zero attached hydrogens (tertiary/aromatic N) is 2. The zero-order valence-electron chi connectivity index (χ0n) is 10.3. The number of anilines is 1. The molecule has 19 heavy (non-hydrogen) atoms. The summed E-state index contributed by atoms with van der Waals surface area (Å²) in [6, 6.07) is 10.9. The van der Waals surface area contributed by atoms with Gasteiger partial charge < -0.3 is 4.74 Å². The number of nitrogens with one attached hydrogen (secondary N) is 1. The fourth-order valence-corrected chi connectivity index (χ4v) is 1.50. The largest absolute Gasteiger partial charge is 0.444 e. The fourth-order valence-electron chi connectivity index (χ4n) is 1.50. The molecule has 0 aliphatic heterocycles. The zero-order valence-corrected chi connectivity index (χ0v) is 10.3. The third kappa shape index (κ3) is 4.09. The van der Waals surface area contributed by atoms with E-state index in [1.807, 2.05) is 30.3 Å². The summed E-state index contributed by atoms with van der Waals surface area (Å²) in [6.07, 6.45) is 1.00. The molecule has 0 saturated carbocycles. The van der Waals surface area contributed by atoms with E-state index in [1.54, 1.807) is 12.3 Å². The van der Waals surface area contributed by atoms with Crippen LogP contribution in [-0.4, -0.2) is 22.5 Å². The quantitative estimate of drug-likeness (QED) is 0.902. The third-order valence-corrected chi connectivity index (χ3v) is 2.40. The molecule has 6 heteroatoms. The van der Waals surface area contributed by atoms with Crippen molar-refractivity contribution in [3.05, 3.63) is 48.2 Å². The molecule has 1 heterocycles. The van der Waals surface area contributed by atoms with Crippen LogP contribution in [0.25, 0.3) is 0 Å². The molecule has 0 fully saturated rings. The summed E-state index contributed by atoms with van der Waals surface area (Å²) in [5, 5.41) is 6.44. The smallest absolute Gasteiger partial charge is 0.413 e. The van der Waals surface area contributed by atoms with Gasteiger partial charge in [0.05, 0.1) is 6.54 Å². The number of aryl methyl sites for hydroxylation is 1. The maximum atomic E-state index is 12.1. The minimum absolute atomic E-state index is 0.167. The fraction of sp³-hybridized carbons (Fsp3) is 0.231. The van der Waals surface area contributed by atoms with E-state index in [1.165, 1.54) is 4.68 Å². The van der Waals surface area contributed by atoms with E-state index >= 15 is 0 Å². The van der Waals surface area contributed by atoms with Gasteiger partial charge in [-0.05, 0) is 5.56 Å². The van der Waals surface area contributed by atoms with E-state index in [0.29, 0.717) is 5.82 Å². The number of hydrogen-bond donors (Lipinski definition) is 1. The molecule has 1 aromatic heterocycles. The SMILES string of the molecule is O=C(Nc1ccn(CCF)n1)OCc1ccccc1. The van der Waals surface area contributed by atoms with E-state index in [-0.39, 0.29) is 13.2 Å². The van der Waals surface area contributed by atoms with E-state index in [4.69, 9.17) is 4.74 Å².